The lowest BCUT2D eigenvalue weighted by molar-refractivity contribution is -0.120. The molecule has 2 bridgehead atoms. The van der Waals surface area contributed by atoms with E-state index in [0.29, 0.717) is 23.3 Å². The van der Waals surface area contributed by atoms with Gasteiger partial charge in [0.2, 0.25) is 5.91 Å². The zero-order valence-corrected chi connectivity index (χ0v) is 19.5. The smallest absolute Gasteiger partial charge is 0.279 e. The third-order valence-electron chi connectivity index (χ3n) is 6.65. The van der Waals surface area contributed by atoms with E-state index in [0.717, 1.165) is 35.4 Å². The van der Waals surface area contributed by atoms with Crippen molar-refractivity contribution in [1.82, 2.24) is 15.2 Å². The molecular formula is C25H25N3O2S2. The lowest BCUT2D eigenvalue weighted by atomic mass is 9.97. The number of carbonyl (C=O) groups is 1. The third-order valence-corrected chi connectivity index (χ3v) is 8.65. The van der Waals surface area contributed by atoms with Crippen LogP contribution in [0.4, 0.5) is 0 Å². The van der Waals surface area contributed by atoms with Crippen LogP contribution < -0.4 is 10.1 Å². The summed E-state index contributed by atoms with van der Waals surface area (Å²) in [6.45, 7) is 2.62. The Labute approximate surface area is 195 Å². The number of nitrogens with one attached hydrogen (secondary N) is 1. The summed E-state index contributed by atoms with van der Waals surface area (Å²) in [7, 11) is 0. The molecule has 2 aromatic heterocycles. The molecular weight excluding hydrogens is 438 g/mol. The Bertz CT molecular complexity index is 1250. The highest BCUT2D eigenvalue weighted by molar-refractivity contribution is 7.20. The molecule has 32 heavy (non-hydrogen) atoms. The normalized spacial score (nSPS) is 23.1. The number of rotatable bonds is 5. The van der Waals surface area contributed by atoms with Crippen LogP contribution in [-0.4, -0.2) is 33.9 Å². The van der Waals surface area contributed by atoms with Gasteiger partial charge in [-0.25, -0.2) is 4.98 Å². The zero-order valence-electron chi connectivity index (χ0n) is 17.9. The van der Waals surface area contributed by atoms with Crippen molar-refractivity contribution in [2.45, 2.75) is 57.3 Å². The number of nitrogens with zero attached hydrogens (tertiary/aromatic N) is 2. The van der Waals surface area contributed by atoms with Crippen LogP contribution in [0.5, 0.6) is 10.9 Å². The first-order valence-electron chi connectivity index (χ1n) is 11.2. The fraction of sp³-hybridized carbons (Fsp3) is 0.360. The van der Waals surface area contributed by atoms with E-state index in [9.17, 15) is 4.79 Å². The van der Waals surface area contributed by atoms with Gasteiger partial charge in [0.25, 0.3) is 5.19 Å². The summed E-state index contributed by atoms with van der Waals surface area (Å²) in [5.41, 5.74) is 0.976. The Morgan fingerprint density at radius 3 is 2.69 bits per heavy atom. The van der Waals surface area contributed by atoms with Crippen LogP contribution in [-0.2, 0) is 11.3 Å². The number of thiophene rings is 1. The molecule has 4 aromatic rings. The molecule has 1 amide bonds. The summed E-state index contributed by atoms with van der Waals surface area (Å²) < 4.78 is 8.47. The second kappa shape index (κ2) is 8.14. The Hall–Kier alpha value is -2.48. The van der Waals surface area contributed by atoms with Crippen LogP contribution in [0.1, 0.15) is 37.5 Å². The van der Waals surface area contributed by atoms with Crippen molar-refractivity contribution in [3.63, 3.8) is 0 Å². The van der Waals surface area contributed by atoms with Gasteiger partial charge in [-0.3, -0.25) is 9.69 Å². The highest BCUT2D eigenvalue weighted by Gasteiger charge is 2.40. The van der Waals surface area contributed by atoms with Crippen LogP contribution in [0.15, 0.2) is 48.5 Å². The maximum Gasteiger partial charge on any atom is 0.279 e. The number of piperidine rings is 1. The van der Waals surface area contributed by atoms with Gasteiger partial charge in [-0.2, -0.15) is 0 Å². The number of carbonyl (C=O) groups excluding carboxylic acids is 1. The number of para-hydroxylation sites is 1. The fourth-order valence-electron chi connectivity index (χ4n) is 5.32. The Balaban J connectivity index is 1.17. The van der Waals surface area contributed by atoms with Crippen LogP contribution in [0.3, 0.4) is 0 Å². The van der Waals surface area contributed by atoms with E-state index in [4.69, 9.17) is 4.74 Å². The number of benzene rings is 2. The number of hydrogen-bond acceptors (Lipinski definition) is 6. The highest BCUT2D eigenvalue weighted by atomic mass is 32.1. The minimum Gasteiger partial charge on any atom is -0.431 e. The van der Waals surface area contributed by atoms with E-state index in [1.54, 1.807) is 18.3 Å². The highest BCUT2D eigenvalue weighted by Crippen LogP contribution is 2.39. The predicted molar refractivity (Wildman–Crippen MR) is 131 cm³/mol. The molecule has 1 N–H and O–H groups in total. The van der Waals surface area contributed by atoms with Crippen LogP contribution >= 0.6 is 22.7 Å². The van der Waals surface area contributed by atoms with Gasteiger partial charge in [0.1, 0.15) is 5.75 Å². The quantitative estimate of drug-likeness (QED) is 0.398. The second-order valence-corrected chi connectivity index (χ2v) is 11.0. The number of hydrogen-bond donors (Lipinski definition) is 1. The van der Waals surface area contributed by atoms with E-state index < -0.39 is 0 Å². The molecule has 2 fully saturated rings. The molecule has 7 heteroatoms. The number of fused-ring (bicyclic) bond motifs is 4. The maximum atomic E-state index is 11.5. The molecule has 164 valence electrons. The lowest BCUT2D eigenvalue weighted by Gasteiger charge is -2.38. The first kappa shape index (κ1) is 20.1. The summed E-state index contributed by atoms with van der Waals surface area (Å²) in [6.07, 6.45) is 4.62. The molecule has 2 aliphatic rings. The Morgan fingerprint density at radius 1 is 1.09 bits per heavy atom. The molecule has 5 nitrogen and oxygen atoms in total. The van der Waals surface area contributed by atoms with Crippen LogP contribution in [0, 0.1) is 0 Å². The summed E-state index contributed by atoms with van der Waals surface area (Å²) in [5, 5.41) is 5.09. The predicted octanol–water partition coefficient (Wildman–Crippen LogP) is 5.93. The second-order valence-electron chi connectivity index (χ2n) is 8.89. The van der Waals surface area contributed by atoms with Crippen LogP contribution in [0.25, 0.3) is 20.3 Å². The number of thiazole rings is 1. The molecule has 2 aromatic carbocycles. The topological polar surface area (TPSA) is 54.5 Å². The van der Waals surface area contributed by atoms with Gasteiger partial charge < -0.3 is 10.1 Å². The molecule has 0 radical (unpaired) electrons. The largest absolute Gasteiger partial charge is 0.431 e. The monoisotopic (exact) mass is 463 g/mol. The van der Waals surface area contributed by atoms with Gasteiger partial charge in [0.05, 0.1) is 10.2 Å². The molecule has 6 rings (SSSR count). The van der Waals surface area contributed by atoms with Crippen molar-refractivity contribution in [3.05, 3.63) is 53.4 Å². The van der Waals surface area contributed by atoms with Gasteiger partial charge in [-0.05, 0) is 67.5 Å². The van der Waals surface area contributed by atoms with Crippen molar-refractivity contribution in [2.24, 2.45) is 0 Å². The maximum absolute atomic E-state index is 11.5. The first-order chi connectivity index (χ1) is 15.6. The molecule has 0 saturated carbocycles. The van der Waals surface area contributed by atoms with E-state index in [1.165, 1.54) is 27.8 Å². The fourth-order valence-corrected chi connectivity index (χ4v) is 7.26. The third kappa shape index (κ3) is 3.89. The summed E-state index contributed by atoms with van der Waals surface area (Å²) in [4.78, 5) is 20.1. The van der Waals surface area contributed by atoms with E-state index in [2.05, 4.69) is 39.5 Å². The van der Waals surface area contributed by atoms with Crippen molar-refractivity contribution in [2.75, 3.05) is 0 Å². The average molecular weight is 464 g/mol. The minimum atomic E-state index is 0.0937. The van der Waals surface area contributed by atoms with E-state index in [-0.39, 0.29) is 5.91 Å². The zero-order chi connectivity index (χ0) is 21.7. The molecule has 0 spiro atoms. The Kier molecular flexibility index (Phi) is 5.12. The Morgan fingerprint density at radius 2 is 1.91 bits per heavy atom. The number of amides is 1. The van der Waals surface area contributed by atoms with Gasteiger partial charge >= 0.3 is 0 Å². The van der Waals surface area contributed by atoms with Crippen molar-refractivity contribution >= 4 is 48.9 Å². The van der Waals surface area contributed by atoms with E-state index >= 15 is 0 Å². The van der Waals surface area contributed by atoms with Gasteiger partial charge in [0.15, 0.2) is 0 Å². The molecule has 0 aliphatic carbocycles. The van der Waals surface area contributed by atoms with Crippen molar-refractivity contribution in [1.29, 1.82) is 0 Å². The SMILES string of the molecule is CC(=O)NC1CC2CCC(C1)N2Cc1cc2ccc(Oc3nc4ccccc4s3)cc2s1. The molecule has 2 saturated heterocycles. The van der Waals surface area contributed by atoms with E-state index in [1.807, 2.05) is 35.6 Å². The molecule has 2 unspecified atom stereocenters. The van der Waals surface area contributed by atoms with Crippen molar-refractivity contribution < 1.29 is 9.53 Å². The lowest BCUT2D eigenvalue weighted by Crippen LogP contribution is -2.49. The first-order valence-corrected chi connectivity index (χ1v) is 12.8. The number of ether oxygens (including phenoxy) is 1. The summed E-state index contributed by atoms with van der Waals surface area (Å²) >= 11 is 3.43. The standard InChI is InChI=1S/C25H25N3O2S2/c1-15(29)26-17-11-18-7-8-19(12-17)28(18)14-21-10-16-6-9-20(13-24(16)31-21)30-25-27-22-4-2-3-5-23(22)32-25/h2-6,9-10,13,17-19H,7-8,11-12,14H2,1H3,(H,26,29). The average Bonchev–Trinajstić information content (AvgIpc) is 3.41. The van der Waals surface area contributed by atoms with Gasteiger partial charge in [0, 0.05) is 41.2 Å². The number of aromatic nitrogens is 1. The summed E-state index contributed by atoms with van der Waals surface area (Å²) in [6, 6.07) is 18.2. The minimum absolute atomic E-state index is 0.0937. The molecule has 2 atom stereocenters. The summed E-state index contributed by atoms with van der Waals surface area (Å²) in [5.74, 6) is 0.928. The van der Waals surface area contributed by atoms with Crippen molar-refractivity contribution in [3.8, 4) is 10.9 Å². The van der Waals surface area contributed by atoms with Crippen LogP contribution in [0.2, 0.25) is 0 Å². The molecule has 2 aliphatic heterocycles. The van der Waals surface area contributed by atoms with Gasteiger partial charge in [-0.1, -0.05) is 23.5 Å². The van der Waals surface area contributed by atoms with Gasteiger partial charge in [-0.15, -0.1) is 11.3 Å². The molecule has 4 heterocycles.